The average Bonchev–Trinajstić information content (AvgIpc) is 3.93. The van der Waals surface area contributed by atoms with Gasteiger partial charge in [-0.1, -0.05) is 31.2 Å². The van der Waals surface area contributed by atoms with Gasteiger partial charge in [0.1, 0.15) is 22.9 Å². The first kappa shape index (κ1) is 40.3. The lowest BCUT2D eigenvalue weighted by Crippen LogP contribution is -2.34. The standard InChI is InChI=1S/C40H44FNO11S/c1-4-34(43)38-32-22-31(27-10-11-27)33(23-37(32)53-39(38)29-12-14-30(41)15-13-29)42(54(3,47)48)16-17-49-18-19-50-20-21-51-25-26-6-8-28(9-7-26)35(44)24-36(45)40(46)52-5-2/h6-9,12-15,22-24,27,44H,4-5,10-11,16-21,25H2,1-3H3. The number of carbonyl (C=O) groups excluding carboxylic acids is 3. The van der Waals surface area contributed by atoms with Crippen LogP contribution in [-0.4, -0.2) is 83.5 Å². The first-order valence-electron chi connectivity index (χ1n) is 17.7. The van der Waals surface area contributed by atoms with Crippen molar-refractivity contribution in [3.8, 4) is 11.3 Å². The fraction of sp³-hybridized carbons (Fsp3) is 0.375. The topological polar surface area (TPSA) is 159 Å². The largest absolute Gasteiger partial charge is 0.507 e. The summed E-state index contributed by atoms with van der Waals surface area (Å²) in [6.45, 7) is 4.92. The Labute approximate surface area is 313 Å². The van der Waals surface area contributed by atoms with E-state index < -0.39 is 27.6 Å². The van der Waals surface area contributed by atoms with E-state index in [2.05, 4.69) is 4.74 Å². The number of esters is 1. The molecule has 0 bridgehead atoms. The van der Waals surface area contributed by atoms with Crippen LogP contribution < -0.4 is 4.31 Å². The van der Waals surface area contributed by atoms with Crippen molar-refractivity contribution in [2.24, 2.45) is 0 Å². The minimum atomic E-state index is -3.73. The van der Waals surface area contributed by atoms with Gasteiger partial charge in [-0.25, -0.2) is 17.6 Å². The molecule has 0 amide bonds. The zero-order valence-corrected chi connectivity index (χ0v) is 31.3. The zero-order valence-electron chi connectivity index (χ0n) is 30.5. The van der Waals surface area contributed by atoms with Crippen LogP contribution in [0, 0.1) is 5.82 Å². The molecule has 1 aliphatic rings. The maximum absolute atomic E-state index is 13.7. The van der Waals surface area contributed by atoms with E-state index in [1.165, 1.54) is 16.4 Å². The van der Waals surface area contributed by atoms with Crippen LogP contribution in [0.3, 0.4) is 0 Å². The third kappa shape index (κ3) is 10.4. The Kier molecular flexibility index (Phi) is 13.8. The number of halogens is 1. The van der Waals surface area contributed by atoms with Crippen molar-refractivity contribution < 1.29 is 55.7 Å². The average molecular weight is 766 g/mol. The summed E-state index contributed by atoms with van der Waals surface area (Å²) in [6, 6.07) is 15.9. The number of ether oxygens (including phenoxy) is 4. The van der Waals surface area contributed by atoms with Crippen molar-refractivity contribution in [2.45, 2.75) is 45.6 Å². The number of fused-ring (bicyclic) bond motifs is 1. The highest BCUT2D eigenvalue weighted by Crippen LogP contribution is 2.48. The maximum Gasteiger partial charge on any atom is 0.379 e. The fourth-order valence-corrected chi connectivity index (χ4v) is 6.75. The molecule has 0 unspecified atom stereocenters. The Bertz CT molecular complexity index is 2090. The number of Topliss-reactive ketones (excluding diaryl/α,β-unsaturated/α-hetero) is 1. The van der Waals surface area contributed by atoms with Gasteiger partial charge in [0.2, 0.25) is 10.0 Å². The summed E-state index contributed by atoms with van der Waals surface area (Å²) in [5.41, 5.74) is 3.80. The normalized spacial score (nSPS) is 13.3. The molecule has 3 aromatic carbocycles. The van der Waals surface area contributed by atoms with Crippen LogP contribution in [0.25, 0.3) is 28.1 Å². The van der Waals surface area contributed by atoms with Crippen LogP contribution in [0.4, 0.5) is 10.1 Å². The molecule has 5 rings (SSSR count). The second kappa shape index (κ2) is 18.4. The molecule has 1 aliphatic carbocycles. The molecular formula is C40H44FNO11S. The molecule has 1 fully saturated rings. The number of hydrogen-bond donors (Lipinski definition) is 1. The number of nitrogens with zero attached hydrogens (tertiary/aromatic N) is 1. The van der Waals surface area contributed by atoms with Gasteiger partial charge in [-0.15, -0.1) is 0 Å². The molecule has 0 atom stereocenters. The molecule has 4 aromatic rings. The van der Waals surface area contributed by atoms with Crippen molar-refractivity contribution >= 4 is 50.0 Å². The maximum atomic E-state index is 13.7. The zero-order chi connectivity index (χ0) is 38.8. The smallest absolute Gasteiger partial charge is 0.379 e. The Morgan fingerprint density at radius 1 is 0.926 bits per heavy atom. The Balaban J connectivity index is 1.12. The van der Waals surface area contributed by atoms with Crippen LogP contribution in [-0.2, 0) is 45.2 Å². The van der Waals surface area contributed by atoms with Crippen molar-refractivity contribution in [3.05, 3.63) is 94.8 Å². The molecule has 54 heavy (non-hydrogen) atoms. The van der Waals surface area contributed by atoms with Crippen LogP contribution >= 0.6 is 0 Å². The van der Waals surface area contributed by atoms with Gasteiger partial charge in [0.25, 0.3) is 5.78 Å². The molecule has 0 aliphatic heterocycles. The first-order chi connectivity index (χ1) is 25.9. The summed E-state index contributed by atoms with van der Waals surface area (Å²) in [4.78, 5) is 36.4. The molecule has 0 spiro atoms. The predicted molar refractivity (Wildman–Crippen MR) is 200 cm³/mol. The van der Waals surface area contributed by atoms with Crippen LogP contribution in [0.1, 0.15) is 66.1 Å². The second-order valence-electron chi connectivity index (χ2n) is 12.7. The highest BCUT2D eigenvalue weighted by atomic mass is 32.2. The number of ketones is 2. The van der Waals surface area contributed by atoms with E-state index in [0.717, 1.165) is 36.3 Å². The van der Waals surface area contributed by atoms with Gasteiger partial charge in [-0.2, -0.15) is 0 Å². The van der Waals surface area contributed by atoms with Gasteiger partial charge in [0, 0.05) is 35.1 Å². The van der Waals surface area contributed by atoms with E-state index in [1.807, 2.05) is 6.07 Å². The van der Waals surface area contributed by atoms with E-state index in [-0.39, 0.29) is 63.5 Å². The summed E-state index contributed by atoms with van der Waals surface area (Å²) < 4.78 is 69.0. The molecule has 1 N–H and O–H groups in total. The van der Waals surface area contributed by atoms with Crippen molar-refractivity contribution in [2.75, 3.05) is 56.7 Å². The third-order valence-corrected chi connectivity index (χ3v) is 9.86. The Morgan fingerprint density at radius 3 is 2.19 bits per heavy atom. The number of rotatable bonds is 21. The van der Waals surface area contributed by atoms with E-state index in [1.54, 1.807) is 56.3 Å². The fourth-order valence-electron chi connectivity index (χ4n) is 5.83. The number of aliphatic hydroxyl groups is 1. The minimum absolute atomic E-state index is 0.0491. The Hall–Kier alpha value is -4.89. The number of hydrogen-bond acceptors (Lipinski definition) is 11. The summed E-state index contributed by atoms with van der Waals surface area (Å²) in [6.07, 6.45) is 3.98. The molecular weight excluding hydrogens is 722 g/mol. The van der Waals surface area contributed by atoms with Crippen molar-refractivity contribution in [1.29, 1.82) is 0 Å². The highest BCUT2D eigenvalue weighted by molar-refractivity contribution is 7.92. The third-order valence-electron chi connectivity index (χ3n) is 8.68. The van der Waals surface area contributed by atoms with Gasteiger partial charge in [-0.3, -0.25) is 13.9 Å². The molecule has 12 nitrogen and oxygen atoms in total. The number of furan rings is 1. The summed E-state index contributed by atoms with van der Waals surface area (Å²) in [5.74, 6) is -2.41. The lowest BCUT2D eigenvalue weighted by atomic mass is 9.97. The van der Waals surface area contributed by atoms with Gasteiger partial charge < -0.3 is 28.5 Å². The monoisotopic (exact) mass is 765 g/mol. The molecule has 0 radical (unpaired) electrons. The number of anilines is 1. The van der Waals surface area contributed by atoms with E-state index >= 15 is 0 Å². The number of sulfonamides is 1. The second-order valence-corrected chi connectivity index (χ2v) is 14.6. The molecule has 14 heteroatoms. The predicted octanol–water partition coefficient (Wildman–Crippen LogP) is 6.76. The number of carbonyl (C=O) groups is 3. The summed E-state index contributed by atoms with van der Waals surface area (Å²) in [7, 11) is -3.73. The van der Waals surface area contributed by atoms with Crippen LogP contribution in [0.5, 0.6) is 0 Å². The molecule has 288 valence electrons. The van der Waals surface area contributed by atoms with Gasteiger partial charge in [0.15, 0.2) is 5.78 Å². The van der Waals surface area contributed by atoms with Crippen molar-refractivity contribution in [1.82, 2.24) is 0 Å². The molecule has 0 saturated heterocycles. The number of benzene rings is 3. The lowest BCUT2D eigenvalue weighted by molar-refractivity contribution is -0.151. The quantitative estimate of drug-likeness (QED) is 0.0239. The van der Waals surface area contributed by atoms with Gasteiger partial charge in [0.05, 0.1) is 70.3 Å². The minimum Gasteiger partial charge on any atom is -0.507 e. The van der Waals surface area contributed by atoms with Gasteiger partial charge in [-0.05, 0) is 67.1 Å². The highest BCUT2D eigenvalue weighted by Gasteiger charge is 2.33. The summed E-state index contributed by atoms with van der Waals surface area (Å²) in [5, 5.41) is 10.7. The SMILES string of the molecule is CCOC(=O)C(=O)C=C(O)c1ccc(COCCOCCOCCN(c2cc3oc(-c4ccc(F)cc4)c(C(=O)CC)c3cc2C2CC2)S(C)(=O)=O)cc1. The van der Waals surface area contributed by atoms with Crippen molar-refractivity contribution in [3.63, 3.8) is 0 Å². The first-order valence-corrected chi connectivity index (χ1v) is 19.6. The molecule has 1 saturated carbocycles. The van der Waals surface area contributed by atoms with Crippen LogP contribution in [0.15, 0.2) is 71.2 Å². The Morgan fingerprint density at radius 2 is 1.57 bits per heavy atom. The van der Waals surface area contributed by atoms with Crippen LogP contribution in [0.2, 0.25) is 0 Å². The number of aliphatic hydroxyl groups excluding tert-OH is 1. The molecule has 1 aromatic heterocycles. The molecule has 1 heterocycles. The van der Waals surface area contributed by atoms with E-state index in [4.69, 9.17) is 18.6 Å². The summed E-state index contributed by atoms with van der Waals surface area (Å²) >= 11 is 0. The van der Waals surface area contributed by atoms with E-state index in [0.29, 0.717) is 52.3 Å². The van der Waals surface area contributed by atoms with Gasteiger partial charge >= 0.3 is 5.97 Å². The van der Waals surface area contributed by atoms with E-state index in [9.17, 15) is 32.3 Å². The lowest BCUT2D eigenvalue weighted by Gasteiger charge is -2.25.